The molecule has 2 unspecified atom stereocenters. The van der Waals surface area contributed by atoms with Gasteiger partial charge < -0.3 is 4.74 Å². The normalized spacial score (nSPS) is 28.8. The lowest BCUT2D eigenvalue weighted by molar-refractivity contribution is 0.116. The minimum atomic E-state index is -3.82. The van der Waals surface area contributed by atoms with E-state index in [1.54, 1.807) is 4.57 Å². The molecule has 0 radical (unpaired) electrons. The first kappa shape index (κ1) is 12.1. The van der Waals surface area contributed by atoms with E-state index in [4.69, 9.17) is 9.88 Å². The molecule has 1 aromatic heterocycles. The molecule has 0 amide bonds. The summed E-state index contributed by atoms with van der Waals surface area (Å²) >= 11 is 0. The van der Waals surface area contributed by atoms with Crippen LogP contribution in [0.4, 0.5) is 0 Å². The first-order valence-corrected chi connectivity index (χ1v) is 7.62. The number of ether oxygens (including phenoxy) is 1. The topological polar surface area (TPSA) is 100 Å². The van der Waals surface area contributed by atoms with Gasteiger partial charge in [-0.1, -0.05) is 0 Å². The Morgan fingerprint density at radius 3 is 2.56 bits per heavy atom. The summed E-state index contributed by atoms with van der Waals surface area (Å²) in [5, 5.41) is 12.9. The smallest absolute Gasteiger partial charge is 0.273 e. The van der Waals surface area contributed by atoms with Crippen LogP contribution in [-0.4, -0.2) is 35.9 Å². The Balaban J connectivity index is 2.07. The Kier molecular flexibility index (Phi) is 2.68. The highest BCUT2D eigenvalue weighted by atomic mass is 32.2. The largest absolute Gasteiger partial charge is 0.378 e. The molecule has 18 heavy (non-hydrogen) atoms. The van der Waals surface area contributed by atoms with Crippen molar-refractivity contribution < 1.29 is 13.2 Å². The molecule has 8 heteroatoms. The average molecular weight is 272 g/mol. The summed E-state index contributed by atoms with van der Waals surface area (Å²) in [4.78, 5) is 0. The second kappa shape index (κ2) is 4.01. The summed E-state index contributed by atoms with van der Waals surface area (Å²) in [5.74, 6) is 0.806. The summed E-state index contributed by atoms with van der Waals surface area (Å²) < 4.78 is 30.2. The monoisotopic (exact) mass is 272 g/mol. The van der Waals surface area contributed by atoms with E-state index < -0.39 is 10.0 Å². The van der Waals surface area contributed by atoms with Crippen molar-refractivity contribution in [3.8, 4) is 0 Å². The van der Waals surface area contributed by atoms with Gasteiger partial charge in [-0.3, -0.25) is 4.57 Å². The van der Waals surface area contributed by atoms with Crippen molar-refractivity contribution in [3.05, 3.63) is 5.82 Å². The number of primary sulfonamides is 1. The molecule has 7 nitrogen and oxygen atoms in total. The SMILES string of the molecule is CC1OCCC1c1nnc(S(N)(=O)=O)n1C1CC1. The third-order valence-corrected chi connectivity index (χ3v) is 4.35. The van der Waals surface area contributed by atoms with Crippen LogP contribution in [0.3, 0.4) is 0 Å². The standard InChI is InChI=1S/C10H16N4O3S/c1-6-8(4-5-17-6)9-12-13-10(18(11,15)16)14(9)7-2-3-7/h6-8H,2-5H2,1H3,(H2,11,15,16). The zero-order valence-electron chi connectivity index (χ0n) is 10.1. The van der Waals surface area contributed by atoms with Crippen molar-refractivity contribution in [3.63, 3.8) is 0 Å². The van der Waals surface area contributed by atoms with Gasteiger partial charge in [0.2, 0.25) is 0 Å². The van der Waals surface area contributed by atoms with Gasteiger partial charge in [0.1, 0.15) is 5.82 Å². The van der Waals surface area contributed by atoms with Crippen LogP contribution in [0.5, 0.6) is 0 Å². The highest BCUT2D eigenvalue weighted by Gasteiger charge is 2.38. The lowest BCUT2D eigenvalue weighted by Gasteiger charge is -2.15. The number of sulfonamides is 1. The van der Waals surface area contributed by atoms with Crippen molar-refractivity contribution in [2.45, 2.75) is 49.4 Å². The molecule has 1 aliphatic heterocycles. The third-order valence-electron chi connectivity index (χ3n) is 3.57. The summed E-state index contributed by atoms with van der Waals surface area (Å²) in [6, 6.07) is 0.177. The van der Waals surface area contributed by atoms with Crippen molar-refractivity contribution in [1.29, 1.82) is 0 Å². The van der Waals surface area contributed by atoms with Crippen molar-refractivity contribution in [1.82, 2.24) is 14.8 Å². The molecular formula is C10H16N4O3S. The first-order valence-electron chi connectivity index (χ1n) is 6.07. The Morgan fingerprint density at radius 2 is 2.06 bits per heavy atom. The molecule has 2 atom stereocenters. The molecule has 0 aromatic carbocycles. The Hall–Kier alpha value is -0.990. The second-order valence-electron chi connectivity index (χ2n) is 4.96. The molecule has 1 saturated carbocycles. The number of aromatic nitrogens is 3. The molecule has 2 heterocycles. The van der Waals surface area contributed by atoms with Gasteiger partial charge in [-0.2, -0.15) is 0 Å². The van der Waals surface area contributed by atoms with E-state index in [2.05, 4.69) is 10.2 Å². The number of nitrogens with two attached hydrogens (primary N) is 1. The summed E-state index contributed by atoms with van der Waals surface area (Å²) in [5.41, 5.74) is 0. The van der Waals surface area contributed by atoms with Crippen LogP contribution in [0.1, 0.15) is 44.0 Å². The summed E-state index contributed by atoms with van der Waals surface area (Å²) in [6.07, 6.45) is 2.79. The molecule has 1 saturated heterocycles. The number of hydrogen-bond donors (Lipinski definition) is 1. The molecule has 2 aliphatic rings. The lowest BCUT2D eigenvalue weighted by atomic mass is 10.0. The van der Waals surface area contributed by atoms with Crippen molar-refractivity contribution in [2.24, 2.45) is 5.14 Å². The van der Waals surface area contributed by atoms with E-state index in [1.807, 2.05) is 6.92 Å². The molecule has 1 aliphatic carbocycles. The van der Waals surface area contributed by atoms with Crippen LogP contribution < -0.4 is 5.14 Å². The first-order chi connectivity index (χ1) is 8.48. The zero-order valence-corrected chi connectivity index (χ0v) is 10.9. The number of nitrogens with zero attached hydrogens (tertiary/aromatic N) is 3. The number of hydrogen-bond acceptors (Lipinski definition) is 5. The maximum atomic E-state index is 11.5. The van der Waals surface area contributed by atoms with E-state index >= 15 is 0 Å². The van der Waals surface area contributed by atoms with Crippen LogP contribution >= 0.6 is 0 Å². The van der Waals surface area contributed by atoms with Crippen LogP contribution in [0.25, 0.3) is 0 Å². The fourth-order valence-corrected chi connectivity index (χ4v) is 3.15. The lowest BCUT2D eigenvalue weighted by Crippen LogP contribution is -2.21. The Bertz CT molecular complexity index is 564. The molecule has 0 bridgehead atoms. The Labute approximate surface area is 105 Å². The molecule has 100 valence electrons. The quantitative estimate of drug-likeness (QED) is 0.844. The highest BCUT2D eigenvalue weighted by Crippen LogP contribution is 2.41. The minimum Gasteiger partial charge on any atom is -0.378 e. The van der Waals surface area contributed by atoms with Gasteiger partial charge in [-0.05, 0) is 26.2 Å². The van der Waals surface area contributed by atoms with E-state index in [0.717, 1.165) is 19.3 Å². The predicted molar refractivity (Wildman–Crippen MR) is 62.4 cm³/mol. The fourth-order valence-electron chi connectivity index (χ4n) is 2.48. The molecule has 2 N–H and O–H groups in total. The van der Waals surface area contributed by atoms with E-state index in [9.17, 15) is 8.42 Å². The van der Waals surface area contributed by atoms with E-state index in [-0.39, 0.29) is 23.2 Å². The maximum Gasteiger partial charge on any atom is 0.273 e. The van der Waals surface area contributed by atoms with E-state index in [1.165, 1.54) is 0 Å². The van der Waals surface area contributed by atoms with Crippen LogP contribution in [-0.2, 0) is 14.8 Å². The molecule has 1 aromatic rings. The molecule has 3 rings (SSSR count). The number of rotatable bonds is 3. The maximum absolute atomic E-state index is 11.5. The van der Waals surface area contributed by atoms with Crippen LogP contribution in [0.15, 0.2) is 5.16 Å². The average Bonchev–Trinajstić information content (AvgIpc) is 2.86. The zero-order chi connectivity index (χ0) is 12.9. The summed E-state index contributed by atoms with van der Waals surface area (Å²) in [7, 11) is -3.82. The third kappa shape index (κ3) is 1.94. The second-order valence-corrected chi connectivity index (χ2v) is 6.41. The summed E-state index contributed by atoms with van der Waals surface area (Å²) in [6.45, 7) is 2.65. The van der Waals surface area contributed by atoms with Gasteiger partial charge in [0, 0.05) is 18.6 Å². The minimum absolute atomic E-state index is 0.0417. The predicted octanol–water partition coefficient (Wildman–Crippen LogP) is 0.153. The van der Waals surface area contributed by atoms with Gasteiger partial charge in [0.15, 0.2) is 0 Å². The van der Waals surface area contributed by atoms with Gasteiger partial charge in [0.25, 0.3) is 15.2 Å². The van der Waals surface area contributed by atoms with Gasteiger partial charge in [-0.15, -0.1) is 10.2 Å². The molecular weight excluding hydrogens is 256 g/mol. The highest BCUT2D eigenvalue weighted by molar-refractivity contribution is 7.89. The van der Waals surface area contributed by atoms with Crippen molar-refractivity contribution in [2.75, 3.05) is 6.61 Å². The van der Waals surface area contributed by atoms with Gasteiger partial charge in [0.05, 0.1) is 6.10 Å². The molecule has 0 spiro atoms. The van der Waals surface area contributed by atoms with Crippen LogP contribution in [0, 0.1) is 0 Å². The van der Waals surface area contributed by atoms with E-state index in [0.29, 0.717) is 12.4 Å². The van der Waals surface area contributed by atoms with Gasteiger partial charge >= 0.3 is 0 Å². The Morgan fingerprint density at radius 1 is 1.33 bits per heavy atom. The fraction of sp³-hybridized carbons (Fsp3) is 0.800. The molecule has 2 fully saturated rings. The van der Waals surface area contributed by atoms with Gasteiger partial charge in [-0.25, -0.2) is 13.6 Å². The van der Waals surface area contributed by atoms with Crippen LogP contribution in [0.2, 0.25) is 0 Å². The van der Waals surface area contributed by atoms with Crippen molar-refractivity contribution >= 4 is 10.0 Å².